The Kier molecular flexibility index (Phi) is 9.61. The summed E-state index contributed by atoms with van der Waals surface area (Å²) in [6, 6.07) is 16.5. The fourth-order valence-corrected chi connectivity index (χ4v) is 2.89. The van der Waals surface area contributed by atoms with Crippen molar-refractivity contribution in [3.8, 4) is 0 Å². The van der Waals surface area contributed by atoms with Crippen LogP contribution in [0.5, 0.6) is 0 Å². The topological polar surface area (TPSA) is 0 Å². The molecule has 0 amide bonds. The molecule has 0 spiro atoms. The summed E-state index contributed by atoms with van der Waals surface area (Å²) in [7, 11) is 0. The highest BCUT2D eigenvalue weighted by molar-refractivity contribution is 9.08. The predicted molar refractivity (Wildman–Crippen MR) is 103 cm³/mol. The van der Waals surface area contributed by atoms with Gasteiger partial charge in [0.25, 0.3) is 0 Å². The van der Waals surface area contributed by atoms with E-state index in [4.69, 9.17) is 11.6 Å². The van der Waals surface area contributed by atoms with Gasteiger partial charge in [0.1, 0.15) is 0 Å². The summed E-state index contributed by atoms with van der Waals surface area (Å²) in [5, 5.41) is 0.928. The van der Waals surface area contributed by atoms with Crippen molar-refractivity contribution >= 4 is 27.5 Å². The van der Waals surface area contributed by atoms with Gasteiger partial charge in [0, 0.05) is 11.2 Å². The second-order valence-electron chi connectivity index (χ2n) is 4.79. The van der Waals surface area contributed by atoms with Crippen molar-refractivity contribution in [3.05, 3.63) is 96.1 Å². The van der Waals surface area contributed by atoms with Crippen LogP contribution in [0.2, 0.25) is 0 Å². The summed E-state index contributed by atoms with van der Waals surface area (Å²) in [5.41, 5.74) is 5.19. The highest BCUT2D eigenvalue weighted by Gasteiger charge is 1.96. The van der Waals surface area contributed by atoms with Crippen molar-refractivity contribution in [3.63, 3.8) is 0 Å². The van der Waals surface area contributed by atoms with Crippen molar-refractivity contribution in [2.24, 2.45) is 0 Å². The molecule has 0 radical (unpaired) electrons. The van der Waals surface area contributed by atoms with Crippen LogP contribution < -0.4 is 0 Å². The minimum atomic E-state index is 0.587. The molecule has 0 bridgehead atoms. The zero-order valence-electron chi connectivity index (χ0n) is 12.8. The summed E-state index contributed by atoms with van der Waals surface area (Å²) in [5.74, 6) is 0.587. The number of rotatable bonds is 6. The average molecular weight is 378 g/mol. The quantitative estimate of drug-likeness (QED) is 0.400. The van der Waals surface area contributed by atoms with Crippen LogP contribution in [0, 0.1) is 0 Å². The third kappa shape index (κ3) is 6.21. The summed E-state index contributed by atoms with van der Waals surface area (Å²) in [6.45, 7) is 7.40. The van der Waals surface area contributed by atoms with Crippen molar-refractivity contribution < 1.29 is 0 Å². The second-order valence-corrected chi connectivity index (χ2v) is 5.62. The standard InChI is InChI=1S/C10H11Br.C10H11Cl/c2*1-2-5-9-6-3-4-7-10(9)8-11/h2*2-4,6-7H,1,5,8H2. The number of benzene rings is 2. The molecule has 0 atom stereocenters. The SMILES string of the molecule is C=CCc1ccccc1CBr.C=CCc1ccccc1CCl. The van der Waals surface area contributed by atoms with Crippen LogP contribution in [0.25, 0.3) is 0 Å². The van der Waals surface area contributed by atoms with Gasteiger partial charge in [0.2, 0.25) is 0 Å². The fourth-order valence-electron chi connectivity index (χ4n) is 2.08. The van der Waals surface area contributed by atoms with Gasteiger partial charge in [-0.05, 0) is 35.1 Å². The van der Waals surface area contributed by atoms with Crippen molar-refractivity contribution in [1.29, 1.82) is 0 Å². The maximum atomic E-state index is 5.73. The molecule has 0 unspecified atom stereocenters. The van der Waals surface area contributed by atoms with E-state index in [9.17, 15) is 0 Å². The van der Waals surface area contributed by atoms with Gasteiger partial charge >= 0.3 is 0 Å². The van der Waals surface area contributed by atoms with Crippen molar-refractivity contribution in [2.45, 2.75) is 24.1 Å². The van der Waals surface area contributed by atoms with Crippen LogP contribution in [-0.2, 0) is 24.1 Å². The maximum absolute atomic E-state index is 5.73. The third-order valence-corrected chi connectivity index (χ3v) is 4.15. The molecular weight excluding hydrogens is 356 g/mol. The minimum absolute atomic E-state index is 0.587. The molecule has 0 aromatic heterocycles. The van der Waals surface area contributed by atoms with Crippen LogP contribution in [0.4, 0.5) is 0 Å². The lowest BCUT2D eigenvalue weighted by Gasteiger charge is -2.02. The molecule has 2 rings (SSSR count). The molecule has 0 saturated heterocycles. The van der Waals surface area contributed by atoms with E-state index in [0.29, 0.717) is 5.88 Å². The molecular formula is C20H22BrCl. The van der Waals surface area contributed by atoms with Gasteiger partial charge in [0.05, 0.1) is 0 Å². The highest BCUT2D eigenvalue weighted by atomic mass is 79.9. The number of hydrogen-bond acceptors (Lipinski definition) is 0. The molecule has 116 valence electrons. The molecule has 0 aliphatic rings. The van der Waals surface area contributed by atoms with Gasteiger partial charge in [-0.15, -0.1) is 24.8 Å². The number of allylic oxidation sites excluding steroid dienone is 2. The Balaban J connectivity index is 0.000000220. The van der Waals surface area contributed by atoms with E-state index in [2.05, 4.69) is 59.4 Å². The van der Waals surface area contributed by atoms with E-state index in [1.54, 1.807) is 0 Å². The molecule has 2 aromatic rings. The molecule has 0 N–H and O–H groups in total. The molecule has 0 aliphatic heterocycles. The minimum Gasteiger partial charge on any atom is -0.122 e. The fraction of sp³-hybridized carbons (Fsp3) is 0.200. The van der Waals surface area contributed by atoms with Crippen molar-refractivity contribution in [1.82, 2.24) is 0 Å². The van der Waals surface area contributed by atoms with Crippen LogP contribution in [0.1, 0.15) is 22.3 Å². The normalized spacial score (nSPS) is 9.55. The third-order valence-electron chi connectivity index (χ3n) is 3.25. The smallest absolute Gasteiger partial charge is 0.0476 e. The van der Waals surface area contributed by atoms with Gasteiger partial charge in [-0.2, -0.15) is 0 Å². The number of halogens is 2. The second kappa shape index (κ2) is 11.3. The van der Waals surface area contributed by atoms with Crippen LogP contribution in [-0.4, -0.2) is 0 Å². The summed E-state index contributed by atoms with van der Waals surface area (Å²) >= 11 is 9.18. The molecule has 0 nitrogen and oxygen atoms in total. The molecule has 0 heterocycles. The van der Waals surface area contributed by atoms with E-state index < -0.39 is 0 Å². The molecule has 2 heteroatoms. The Labute approximate surface area is 147 Å². The zero-order chi connectivity index (χ0) is 16.2. The molecule has 0 aliphatic carbocycles. The summed E-state index contributed by atoms with van der Waals surface area (Å²) in [4.78, 5) is 0. The Morgan fingerprint density at radius 3 is 1.59 bits per heavy atom. The van der Waals surface area contributed by atoms with E-state index >= 15 is 0 Å². The van der Waals surface area contributed by atoms with E-state index in [-0.39, 0.29) is 0 Å². The highest BCUT2D eigenvalue weighted by Crippen LogP contribution is 2.13. The Bertz CT molecular complexity index is 536. The first kappa shape index (κ1) is 18.7. The van der Waals surface area contributed by atoms with Crippen LogP contribution >= 0.6 is 27.5 Å². The van der Waals surface area contributed by atoms with Crippen LogP contribution in [0.15, 0.2) is 73.8 Å². The van der Waals surface area contributed by atoms with Gasteiger partial charge in [-0.25, -0.2) is 0 Å². The van der Waals surface area contributed by atoms with Gasteiger partial charge in [-0.3, -0.25) is 0 Å². The largest absolute Gasteiger partial charge is 0.122 e. The first-order valence-corrected chi connectivity index (χ1v) is 8.89. The predicted octanol–water partition coefficient (Wildman–Crippen LogP) is 6.46. The molecule has 0 fully saturated rings. The Morgan fingerprint density at radius 1 is 0.773 bits per heavy atom. The molecule has 0 saturated carbocycles. The van der Waals surface area contributed by atoms with E-state index in [1.165, 1.54) is 22.3 Å². The lowest BCUT2D eigenvalue weighted by molar-refractivity contribution is 1.20. The Hall–Kier alpha value is -1.31. The lowest BCUT2D eigenvalue weighted by atomic mass is 10.1. The van der Waals surface area contributed by atoms with Crippen molar-refractivity contribution in [2.75, 3.05) is 0 Å². The van der Waals surface area contributed by atoms with E-state index in [0.717, 1.165) is 18.2 Å². The zero-order valence-corrected chi connectivity index (χ0v) is 15.1. The number of alkyl halides is 2. The van der Waals surface area contributed by atoms with E-state index in [1.807, 2.05) is 30.4 Å². The first-order valence-electron chi connectivity index (χ1n) is 7.24. The maximum Gasteiger partial charge on any atom is 0.0476 e. The number of hydrogen-bond donors (Lipinski definition) is 0. The van der Waals surface area contributed by atoms with Gasteiger partial charge < -0.3 is 0 Å². The lowest BCUT2D eigenvalue weighted by Crippen LogP contribution is -1.87. The monoisotopic (exact) mass is 376 g/mol. The summed E-state index contributed by atoms with van der Waals surface area (Å²) < 4.78 is 0. The molecule has 22 heavy (non-hydrogen) atoms. The first-order chi connectivity index (χ1) is 10.8. The van der Waals surface area contributed by atoms with Gasteiger partial charge in [0.15, 0.2) is 0 Å². The Morgan fingerprint density at radius 2 is 1.18 bits per heavy atom. The van der Waals surface area contributed by atoms with Crippen LogP contribution in [0.3, 0.4) is 0 Å². The van der Waals surface area contributed by atoms with Gasteiger partial charge in [-0.1, -0.05) is 76.6 Å². The molecule has 2 aromatic carbocycles. The summed E-state index contributed by atoms with van der Waals surface area (Å²) in [6.07, 6.45) is 5.69. The average Bonchev–Trinajstić information content (AvgIpc) is 2.57.